The molecule has 0 heterocycles. The molecule has 0 saturated heterocycles. The van der Waals surface area contributed by atoms with Crippen molar-refractivity contribution in [3.8, 4) is 0 Å². The molecule has 0 spiro atoms. The first kappa shape index (κ1) is 20.1. The van der Waals surface area contributed by atoms with E-state index in [1.165, 1.54) is 19.2 Å². The van der Waals surface area contributed by atoms with Crippen LogP contribution < -0.4 is 0 Å². The Hall–Kier alpha value is -1.93. The summed E-state index contributed by atoms with van der Waals surface area (Å²) in [4.78, 5) is 16.7. The number of rotatable bonds is 8. The van der Waals surface area contributed by atoms with E-state index in [0.29, 0.717) is 0 Å². The fourth-order valence-corrected chi connectivity index (χ4v) is 3.04. The monoisotopic (exact) mass is 357 g/mol. The van der Waals surface area contributed by atoms with E-state index < -0.39 is 22.2 Å². The van der Waals surface area contributed by atoms with Crippen molar-refractivity contribution in [3.05, 3.63) is 29.8 Å². The third-order valence-electron chi connectivity index (χ3n) is 3.09. The lowest BCUT2D eigenvalue weighted by molar-refractivity contribution is -0.135. The standard InChI is InChI=1S/C16H23NO6S/c1-6-22-16(18)14(17-21-5)15(11(2)3)23-24(19,20)13-9-7-12(4)8-10-13/h7-11,15H,6H2,1-5H3. The summed E-state index contributed by atoms with van der Waals surface area (Å²) in [5.41, 5.74) is 0.688. The van der Waals surface area contributed by atoms with Gasteiger partial charge in [-0.05, 0) is 31.9 Å². The maximum atomic E-state index is 12.5. The Kier molecular flexibility index (Phi) is 7.37. The van der Waals surface area contributed by atoms with Crippen LogP contribution in [0.15, 0.2) is 34.3 Å². The summed E-state index contributed by atoms with van der Waals surface area (Å²) in [5.74, 6) is -1.14. The molecular weight excluding hydrogens is 334 g/mol. The van der Waals surface area contributed by atoms with Crippen LogP contribution in [0, 0.1) is 12.8 Å². The van der Waals surface area contributed by atoms with Gasteiger partial charge in [0.15, 0.2) is 5.71 Å². The highest BCUT2D eigenvalue weighted by molar-refractivity contribution is 7.86. The second-order valence-electron chi connectivity index (χ2n) is 5.41. The molecule has 7 nitrogen and oxygen atoms in total. The molecule has 134 valence electrons. The Labute approximate surface area is 142 Å². The number of benzene rings is 1. The second-order valence-corrected chi connectivity index (χ2v) is 6.98. The molecule has 0 aliphatic heterocycles. The first-order valence-electron chi connectivity index (χ1n) is 7.51. The van der Waals surface area contributed by atoms with E-state index in [0.717, 1.165) is 5.56 Å². The van der Waals surface area contributed by atoms with E-state index in [4.69, 9.17) is 8.92 Å². The molecular formula is C16H23NO6S. The summed E-state index contributed by atoms with van der Waals surface area (Å²) in [5, 5.41) is 3.61. The van der Waals surface area contributed by atoms with Gasteiger partial charge in [-0.1, -0.05) is 36.7 Å². The van der Waals surface area contributed by atoms with E-state index in [1.54, 1.807) is 32.9 Å². The quantitative estimate of drug-likeness (QED) is 0.307. The minimum absolute atomic E-state index is 0.000578. The molecule has 0 aliphatic rings. The van der Waals surface area contributed by atoms with Gasteiger partial charge in [0, 0.05) is 0 Å². The van der Waals surface area contributed by atoms with E-state index >= 15 is 0 Å². The van der Waals surface area contributed by atoms with E-state index in [1.807, 2.05) is 6.92 Å². The van der Waals surface area contributed by atoms with E-state index in [-0.39, 0.29) is 23.1 Å². The van der Waals surface area contributed by atoms with Crippen LogP contribution in [0.2, 0.25) is 0 Å². The Morgan fingerprint density at radius 2 is 1.79 bits per heavy atom. The molecule has 1 aromatic carbocycles. The zero-order chi connectivity index (χ0) is 18.3. The first-order valence-corrected chi connectivity index (χ1v) is 8.91. The molecule has 0 aromatic heterocycles. The smallest absolute Gasteiger partial charge is 0.358 e. The Morgan fingerprint density at radius 3 is 2.25 bits per heavy atom. The van der Waals surface area contributed by atoms with Crippen LogP contribution in [0.25, 0.3) is 0 Å². The van der Waals surface area contributed by atoms with Crippen LogP contribution in [0.4, 0.5) is 0 Å². The third kappa shape index (κ3) is 5.31. The van der Waals surface area contributed by atoms with Gasteiger partial charge >= 0.3 is 5.97 Å². The van der Waals surface area contributed by atoms with Crippen LogP contribution in [0.3, 0.4) is 0 Å². The van der Waals surface area contributed by atoms with Gasteiger partial charge in [-0.3, -0.25) is 4.18 Å². The van der Waals surface area contributed by atoms with Crippen molar-refractivity contribution in [2.75, 3.05) is 13.7 Å². The zero-order valence-corrected chi connectivity index (χ0v) is 15.3. The third-order valence-corrected chi connectivity index (χ3v) is 4.40. The number of aryl methyl sites for hydroxylation is 1. The van der Waals surface area contributed by atoms with E-state index in [9.17, 15) is 13.2 Å². The summed E-state index contributed by atoms with van der Waals surface area (Å²) >= 11 is 0. The Morgan fingerprint density at radius 1 is 1.21 bits per heavy atom. The summed E-state index contributed by atoms with van der Waals surface area (Å²) in [7, 11) is -2.82. The average molecular weight is 357 g/mol. The van der Waals surface area contributed by atoms with Crippen LogP contribution in [-0.4, -0.2) is 39.9 Å². The summed E-state index contributed by atoms with van der Waals surface area (Å²) in [6, 6.07) is 6.21. The molecule has 1 aromatic rings. The molecule has 1 unspecified atom stereocenters. The fraction of sp³-hybridized carbons (Fsp3) is 0.500. The normalized spacial score (nSPS) is 13.7. The van der Waals surface area contributed by atoms with Gasteiger partial charge in [0.05, 0.1) is 11.5 Å². The van der Waals surface area contributed by atoms with Crippen molar-refractivity contribution in [1.29, 1.82) is 0 Å². The number of nitrogens with zero attached hydrogens (tertiary/aromatic N) is 1. The lowest BCUT2D eigenvalue weighted by Gasteiger charge is -2.21. The fourth-order valence-electron chi connectivity index (χ4n) is 1.88. The highest BCUT2D eigenvalue weighted by atomic mass is 32.2. The molecule has 0 radical (unpaired) electrons. The van der Waals surface area contributed by atoms with Gasteiger partial charge in [0.25, 0.3) is 10.1 Å². The lowest BCUT2D eigenvalue weighted by Crippen LogP contribution is -2.38. The van der Waals surface area contributed by atoms with Gasteiger partial charge in [0.1, 0.15) is 13.2 Å². The molecule has 1 atom stereocenters. The Bertz CT molecular complexity index is 679. The number of esters is 1. The largest absolute Gasteiger partial charge is 0.461 e. The number of oxime groups is 1. The topological polar surface area (TPSA) is 91.3 Å². The maximum Gasteiger partial charge on any atom is 0.358 e. The number of ether oxygens (including phenoxy) is 1. The molecule has 0 bridgehead atoms. The second kappa shape index (κ2) is 8.79. The average Bonchev–Trinajstić information content (AvgIpc) is 2.51. The number of carbonyl (C=O) groups is 1. The number of hydrogen-bond acceptors (Lipinski definition) is 7. The molecule has 0 fully saturated rings. The molecule has 8 heteroatoms. The van der Waals surface area contributed by atoms with Gasteiger partial charge < -0.3 is 9.57 Å². The van der Waals surface area contributed by atoms with Gasteiger partial charge in [-0.25, -0.2) is 4.79 Å². The summed E-state index contributed by atoms with van der Waals surface area (Å²) in [6.45, 7) is 7.02. The van der Waals surface area contributed by atoms with Crippen molar-refractivity contribution in [3.63, 3.8) is 0 Å². The van der Waals surface area contributed by atoms with E-state index in [2.05, 4.69) is 9.99 Å². The van der Waals surface area contributed by atoms with Gasteiger partial charge in [0.2, 0.25) is 0 Å². The zero-order valence-electron chi connectivity index (χ0n) is 14.5. The minimum atomic E-state index is -4.08. The molecule has 0 N–H and O–H groups in total. The van der Waals surface area contributed by atoms with Gasteiger partial charge in [-0.2, -0.15) is 8.42 Å². The minimum Gasteiger partial charge on any atom is -0.461 e. The summed E-state index contributed by atoms with van der Waals surface area (Å²) in [6.07, 6.45) is -1.13. The molecule has 0 aliphatic carbocycles. The molecule has 1 rings (SSSR count). The van der Waals surface area contributed by atoms with Crippen molar-refractivity contribution < 1.29 is 27.0 Å². The van der Waals surface area contributed by atoms with Crippen LogP contribution in [0.5, 0.6) is 0 Å². The Balaban J connectivity index is 3.17. The highest BCUT2D eigenvalue weighted by Gasteiger charge is 2.34. The lowest BCUT2D eigenvalue weighted by atomic mass is 10.0. The van der Waals surface area contributed by atoms with Crippen LogP contribution >= 0.6 is 0 Å². The van der Waals surface area contributed by atoms with Crippen molar-refractivity contribution in [2.24, 2.45) is 11.1 Å². The van der Waals surface area contributed by atoms with Crippen molar-refractivity contribution in [2.45, 2.75) is 38.7 Å². The molecule has 24 heavy (non-hydrogen) atoms. The predicted octanol–water partition coefficient (Wildman–Crippen LogP) is 2.29. The highest BCUT2D eigenvalue weighted by Crippen LogP contribution is 2.20. The summed E-state index contributed by atoms with van der Waals surface area (Å²) < 4.78 is 35.1. The van der Waals surface area contributed by atoms with Gasteiger partial charge in [-0.15, -0.1) is 0 Å². The maximum absolute atomic E-state index is 12.5. The predicted molar refractivity (Wildman–Crippen MR) is 89.2 cm³/mol. The van der Waals surface area contributed by atoms with Crippen molar-refractivity contribution >= 4 is 21.8 Å². The number of carbonyl (C=O) groups excluding carboxylic acids is 1. The van der Waals surface area contributed by atoms with Crippen LogP contribution in [-0.2, 0) is 28.7 Å². The molecule has 0 amide bonds. The number of hydrogen-bond donors (Lipinski definition) is 0. The SMILES string of the molecule is CCOC(=O)C(=NOC)C(OS(=O)(=O)c1ccc(C)cc1)C(C)C. The first-order chi connectivity index (χ1) is 11.2. The van der Waals surface area contributed by atoms with Crippen LogP contribution in [0.1, 0.15) is 26.3 Å². The molecule has 0 saturated carbocycles. The van der Waals surface area contributed by atoms with Crippen molar-refractivity contribution in [1.82, 2.24) is 0 Å².